The van der Waals surface area contributed by atoms with Crippen molar-refractivity contribution in [3.8, 4) is 0 Å². The smallest absolute Gasteiger partial charge is 0.220 e. The van der Waals surface area contributed by atoms with Crippen LogP contribution in [0.3, 0.4) is 0 Å². The van der Waals surface area contributed by atoms with Crippen molar-refractivity contribution in [3.05, 3.63) is 0 Å². The number of carbonyl (C=O) groups is 1. The van der Waals surface area contributed by atoms with E-state index in [1.165, 1.54) is 19.3 Å². The molecule has 2 atom stereocenters. The van der Waals surface area contributed by atoms with E-state index in [0.29, 0.717) is 37.1 Å². The van der Waals surface area contributed by atoms with Gasteiger partial charge >= 0.3 is 0 Å². The maximum atomic E-state index is 12.6. The zero-order valence-corrected chi connectivity index (χ0v) is 13.4. The van der Waals surface area contributed by atoms with E-state index in [0.717, 1.165) is 25.7 Å². The van der Waals surface area contributed by atoms with Crippen LogP contribution in [0, 0.1) is 11.8 Å². The SMILES string of the molecule is O=C1CCC2CN(S(=O)(=O)CC3CCCCC3)CCC2N1. The molecule has 0 aromatic carbocycles. The Hall–Kier alpha value is -0.620. The van der Waals surface area contributed by atoms with Crippen molar-refractivity contribution in [1.29, 1.82) is 0 Å². The monoisotopic (exact) mass is 314 g/mol. The van der Waals surface area contributed by atoms with E-state index in [1.807, 2.05) is 0 Å². The maximum Gasteiger partial charge on any atom is 0.220 e. The zero-order valence-electron chi connectivity index (χ0n) is 12.6. The van der Waals surface area contributed by atoms with Gasteiger partial charge in [0.25, 0.3) is 0 Å². The first kappa shape index (κ1) is 15.3. The molecule has 2 unspecified atom stereocenters. The summed E-state index contributed by atoms with van der Waals surface area (Å²) in [5.41, 5.74) is 0. The van der Waals surface area contributed by atoms with E-state index in [-0.39, 0.29) is 11.9 Å². The molecule has 2 saturated heterocycles. The molecule has 3 fully saturated rings. The Balaban J connectivity index is 1.59. The van der Waals surface area contributed by atoms with Gasteiger partial charge in [0.05, 0.1) is 5.75 Å². The van der Waals surface area contributed by atoms with Gasteiger partial charge in [-0.1, -0.05) is 19.3 Å². The summed E-state index contributed by atoms with van der Waals surface area (Å²) < 4.78 is 27.0. The van der Waals surface area contributed by atoms with Crippen molar-refractivity contribution in [3.63, 3.8) is 0 Å². The first-order valence-corrected chi connectivity index (χ1v) is 9.93. The van der Waals surface area contributed by atoms with Crippen LogP contribution >= 0.6 is 0 Å². The van der Waals surface area contributed by atoms with Crippen LogP contribution < -0.4 is 5.32 Å². The Morgan fingerprint density at radius 3 is 2.62 bits per heavy atom. The Morgan fingerprint density at radius 2 is 1.86 bits per heavy atom. The van der Waals surface area contributed by atoms with E-state index in [2.05, 4.69) is 5.32 Å². The molecular weight excluding hydrogens is 288 g/mol. The van der Waals surface area contributed by atoms with Gasteiger partial charge in [-0.05, 0) is 37.5 Å². The van der Waals surface area contributed by atoms with Crippen molar-refractivity contribution in [1.82, 2.24) is 9.62 Å². The van der Waals surface area contributed by atoms with Gasteiger partial charge in [0.2, 0.25) is 15.9 Å². The third-order valence-electron chi connectivity index (χ3n) is 5.35. The van der Waals surface area contributed by atoms with Crippen LogP contribution in [0.15, 0.2) is 0 Å². The number of hydrogen-bond donors (Lipinski definition) is 1. The summed E-state index contributed by atoms with van der Waals surface area (Å²) in [6.07, 6.45) is 7.87. The molecule has 120 valence electrons. The Bertz CT molecular complexity index is 485. The maximum absolute atomic E-state index is 12.6. The molecule has 2 heterocycles. The van der Waals surface area contributed by atoms with Crippen molar-refractivity contribution in [2.75, 3.05) is 18.8 Å². The summed E-state index contributed by atoms with van der Waals surface area (Å²) in [6.45, 7) is 1.16. The topological polar surface area (TPSA) is 66.5 Å². The number of sulfonamides is 1. The third kappa shape index (κ3) is 3.59. The zero-order chi connectivity index (χ0) is 14.9. The predicted octanol–water partition coefficient (Wildman–Crippen LogP) is 1.50. The lowest BCUT2D eigenvalue weighted by molar-refractivity contribution is -0.124. The van der Waals surface area contributed by atoms with E-state index in [4.69, 9.17) is 0 Å². The number of piperidine rings is 2. The molecule has 0 radical (unpaired) electrons. The van der Waals surface area contributed by atoms with Crippen LogP contribution in [-0.2, 0) is 14.8 Å². The van der Waals surface area contributed by atoms with E-state index in [1.54, 1.807) is 4.31 Å². The first-order valence-electron chi connectivity index (χ1n) is 8.32. The average molecular weight is 314 g/mol. The van der Waals surface area contributed by atoms with Crippen molar-refractivity contribution >= 4 is 15.9 Å². The van der Waals surface area contributed by atoms with Crippen LogP contribution in [0.5, 0.6) is 0 Å². The van der Waals surface area contributed by atoms with E-state index < -0.39 is 10.0 Å². The summed E-state index contributed by atoms with van der Waals surface area (Å²) in [7, 11) is -3.13. The van der Waals surface area contributed by atoms with Crippen molar-refractivity contribution in [2.45, 2.75) is 57.4 Å². The molecule has 6 heteroatoms. The molecule has 0 aromatic rings. The van der Waals surface area contributed by atoms with Gasteiger partial charge in [0.1, 0.15) is 0 Å². The Morgan fingerprint density at radius 1 is 1.10 bits per heavy atom. The molecule has 3 rings (SSSR count). The number of carbonyl (C=O) groups excluding carboxylic acids is 1. The van der Waals surface area contributed by atoms with Gasteiger partial charge in [-0.2, -0.15) is 0 Å². The molecule has 0 aromatic heterocycles. The van der Waals surface area contributed by atoms with Crippen LogP contribution in [0.2, 0.25) is 0 Å². The van der Waals surface area contributed by atoms with Gasteiger partial charge in [-0.15, -0.1) is 0 Å². The first-order chi connectivity index (χ1) is 10.0. The molecule has 5 nitrogen and oxygen atoms in total. The average Bonchev–Trinajstić information content (AvgIpc) is 2.47. The molecule has 1 amide bonds. The second-order valence-corrected chi connectivity index (χ2v) is 8.92. The van der Waals surface area contributed by atoms with Crippen molar-refractivity contribution in [2.24, 2.45) is 11.8 Å². The van der Waals surface area contributed by atoms with Crippen molar-refractivity contribution < 1.29 is 13.2 Å². The number of hydrogen-bond acceptors (Lipinski definition) is 3. The molecule has 0 spiro atoms. The highest BCUT2D eigenvalue weighted by Gasteiger charge is 2.38. The lowest BCUT2D eigenvalue weighted by atomic mass is 9.86. The summed E-state index contributed by atoms with van der Waals surface area (Å²) in [4.78, 5) is 11.4. The fourth-order valence-electron chi connectivity index (χ4n) is 4.09. The summed E-state index contributed by atoms with van der Waals surface area (Å²) >= 11 is 0. The minimum Gasteiger partial charge on any atom is -0.353 e. The van der Waals surface area contributed by atoms with Crippen LogP contribution in [0.1, 0.15) is 51.4 Å². The second-order valence-electron chi connectivity index (χ2n) is 6.90. The van der Waals surface area contributed by atoms with Crippen LogP contribution in [0.25, 0.3) is 0 Å². The molecule has 3 aliphatic rings. The summed E-state index contributed by atoms with van der Waals surface area (Å²) in [6, 6.07) is 0.187. The van der Waals surface area contributed by atoms with Gasteiger partial charge in [-0.25, -0.2) is 12.7 Å². The standard InChI is InChI=1S/C15H26N2O3S/c18-15-7-6-13-10-17(9-8-14(13)16-15)21(19,20)11-12-4-2-1-3-5-12/h12-14H,1-11H2,(H,16,18). The molecule has 21 heavy (non-hydrogen) atoms. The molecule has 1 saturated carbocycles. The third-order valence-corrected chi connectivity index (χ3v) is 7.36. The minimum absolute atomic E-state index is 0.120. The van der Waals surface area contributed by atoms with Crippen LogP contribution in [-0.4, -0.2) is 43.5 Å². The Labute approximate surface area is 127 Å². The molecule has 2 aliphatic heterocycles. The summed E-state index contributed by atoms with van der Waals surface area (Å²) in [5.74, 6) is 1.11. The van der Waals surface area contributed by atoms with Gasteiger partial charge in [0, 0.05) is 25.6 Å². The largest absolute Gasteiger partial charge is 0.353 e. The molecule has 1 N–H and O–H groups in total. The number of fused-ring (bicyclic) bond motifs is 1. The number of rotatable bonds is 3. The quantitative estimate of drug-likeness (QED) is 0.858. The number of nitrogens with zero attached hydrogens (tertiary/aromatic N) is 1. The Kier molecular flexibility index (Phi) is 4.54. The molecule has 0 bridgehead atoms. The highest BCUT2D eigenvalue weighted by Crippen LogP contribution is 2.30. The lowest BCUT2D eigenvalue weighted by Gasteiger charge is -2.41. The minimum atomic E-state index is -3.13. The van der Waals surface area contributed by atoms with E-state index >= 15 is 0 Å². The lowest BCUT2D eigenvalue weighted by Crippen LogP contribution is -2.55. The number of nitrogens with one attached hydrogen (secondary N) is 1. The number of amides is 1. The highest BCUT2D eigenvalue weighted by molar-refractivity contribution is 7.89. The predicted molar refractivity (Wildman–Crippen MR) is 81.2 cm³/mol. The molecular formula is C15H26N2O3S. The second kappa shape index (κ2) is 6.24. The van der Waals surface area contributed by atoms with Gasteiger partial charge in [-0.3, -0.25) is 4.79 Å². The normalized spacial score (nSPS) is 32.5. The van der Waals surface area contributed by atoms with E-state index in [9.17, 15) is 13.2 Å². The highest BCUT2D eigenvalue weighted by atomic mass is 32.2. The fraction of sp³-hybridized carbons (Fsp3) is 0.933. The molecule has 1 aliphatic carbocycles. The van der Waals surface area contributed by atoms with Gasteiger partial charge < -0.3 is 5.32 Å². The van der Waals surface area contributed by atoms with Gasteiger partial charge in [0.15, 0.2) is 0 Å². The summed E-state index contributed by atoms with van der Waals surface area (Å²) in [5, 5.41) is 3.01. The fourth-order valence-corrected chi connectivity index (χ4v) is 6.03. The van der Waals surface area contributed by atoms with Crippen LogP contribution in [0.4, 0.5) is 0 Å².